The minimum atomic E-state index is -1.32. The maximum atomic E-state index is 12.3. The lowest BCUT2D eigenvalue weighted by Gasteiger charge is -2.26. The summed E-state index contributed by atoms with van der Waals surface area (Å²) in [5, 5.41) is 25.7. The Morgan fingerprint density at radius 2 is 1.56 bits per heavy atom. The van der Waals surface area contributed by atoms with E-state index < -0.39 is 54.0 Å². The van der Waals surface area contributed by atoms with Gasteiger partial charge in [-0.15, -0.1) is 0 Å². The number of thiol groups is 1. The summed E-state index contributed by atoms with van der Waals surface area (Å²) in [6.07, 6.45) is -0.578. The zero-order valence-corrected chi connectivity index (χ0v) is 16.8. The highest BCUT2D eigenvalue weighted by molar-refractivity contribution is 7.80. The van der Waals surface area contributed by atoms with Crippen molar-refractivity contribution in [2.24, 2.45) is 11.7 Å². The number of aliphatic hydroxyl groups is 1. The van der Waals surface area contributed by atoms with E-state index in [2.05, 4.69) is 28.6 Å². The Hall–Kier alpha value is -1.85. The monoisotopic (exact) mass is 406 g/mol. The lowest BCUT2D eigenvalue weighted by molar-refractivity contribution is -0.141. The van der Waals surface area contributed by atoms with Crippen molar-refractivity contribution in [2.75, 3.05) is 5.75 Å². The van der Waals surface area contributed by atoms with E-state index in [9.17, 15) is 24.3 Å². The van der Waals surface area contributed by atoms with Crippen molar-refractivity contribution in [1.82, 2.24) is 16.0 Å². The molecular formula is C16H30N4O6S. The fourth-order valence-electron chi connectivity index (χ4n) is 2.02. The summed E-state index contributed by atoms with van der Waals surface area (Å²) < 4.78 is 0. The van der Waals surface area contributed by atoms with E-state index in [1.807, 2.05) is 6.92 Å². The van der Waals surface area contributed by atoms with Gasteiger partial charge in [0.1, 0.15) is 18.1 Å². The molecule has 156 valence electrons. The summed E-state index contributed by atoms with van der Waals surface area (Å²) in [7, 11) is 0. The van der Waals surface area contributed by atoms with Crippen molar-refractivity contribution in [2.45, 2.75) is 64.4 Å². The van der Waals surface area contributed by atoms with Gasteiger partial charge in [-0.1, -0.05) is 20.3 Å². The summed E-state index contributed by atoms with van der Waals surface area (Å²) in [5.41, 5.74) is 5.82. The predicted octanol–water partition coefficient (Wildman–Crippen LogP) is -1.77. The molecule has 10 nitrogen and oxygen atoms in total. The first-order valence-corrected chi connectivity index (χ1v) is 9.27. The Morgan fingerprint density at radius 3 is 1.96 bits per heavy atom. The standard InChI is InChI=1S/C16H30N4O6S/c1-5-7(2)11(17)14(23)20-12(9(4)21)15(24)18-8(3)13(22)19-10(6-27)16(25)26/h7-12,21,27H,5-6,17H2,1-4H3,(H,18,24)(H,19,22)(H,20,23)(H,25,26). The van der Waals surface area contributed by atoms with Crippen LogP contribution in [0.3, 0.4) is 0 Å². The lowest BCUT2D eigenvalue weighted by atomic mass is 9.98. The van der Waals surface area contributed by atoms with Crippen LogP contribution in [0.4, 0.5) is 0 Å². The minimum Gasteiger partial charge on any atom is -0.480 e. The zero-order chi connectivity index (χ0) is 21.3. The second kappa shape index (κ2) is 11.8. The van der Waals surface area contributed by atoms with Crippen molar-refractivity contribution >= 4 is 36.3 Å². The maximum Gasteiger partial charge on any atom is 0.327 e. The molecule has 0 saturated heterocycles. The van der Waals surface area contributed by atoms with Crippen LogP contribution in [-0.4, -0.2) is 69.9 Å². The molecule has 0 rings (SSSR count). The number of carbonyl (C=O) groups excluding carboxylic acids is 3. The van der Waals surface area contributed by atoms with Gasteiger partial charge in [-0.2, -0.15) is 12.6 Å². The van der Waals surface area contributed by atoms with Gasteiger partial charge in [0.15, 0.2) is 0 Å². The number of nitrogens with one attached hydrogen (secondary N) is 3. The number of rotatable bonds is 11. The van der Waals surface area contributed by atoms with E-state index in [4.69, 9.17) is 10.8 Å². The largest absolute Gasteiger partial charge is 0.480 e. The number of carbonyl (C=O) groups is 4. The number of aliphatic hydroxyl groups excluding tert-OH is 1. The topological polar surface area (TPSA) is 171 Å². The van der Waals surface area contributed by atoms with Gasteiger partial charge in [-0.05, 0) is 19.8 Å². The second-order valence-electron chi connectivity index (χ2n) is 6.45. The molecule has 6 unspecified atom stereocenters. The molecule has 0 bridgehead atoms. The van der Waals surface area contributed by atoms with Crippen LogP contribution in [0.5, 0.6) is 0 Å². The highest BCUT2D eigenvalue weighted by Crippen LogP contribution is 2.06. The molecule has 0 fully saturated rings. The first kappa shape index (κ1) is 25.1. The van der Waals surface area contributed by atoms with Gasteiger partial charge in [0, 0.05) is 5.75 Å². The molecular weight excluding hydrogens is 376 g/mol. The average Bonchev–Trinajstić information content (AvgIpc) is 2.61. The van der Waals surface area contributed by atoms with Gasteiger partial charge < -0.3 is 31.9 Å². The summed E-state index contributed by atoms with van der Waals surface area (Å²) in [6.45, 7) is 6.31. The number of aliphatic carboxylic acids is 1. The smallest absolute Gasteiger partial charge is 0.327 e. The first-order chi connectivity index (χ1) is 12.5. The molecule has 0 spiro atoms. The molecule has 0 aliphatic heterocycles. The summed E-state index contributed by atoms with van der Waals surface area (Å²) in [5.74, 6) is -3.64. The third kappa shape index (κ3) is 8.14. The third-order valence-corrected chi connectivity index (χ3v) is 4.54. The number of nitrogens with two attached hydrogens (primary N) is 1. The molecule has 0 aromatic heterocycles. The van der Waals surface area contributed by atoms with Crippen LogP contribution in [0.2, 0.25) is 0 Å². The number of amides is 3. The van der Waals surface area contributed by atoms with Crippen molar-refractivity contribution in [3.63, 3.8) is 0 Å². The van der Waals surface area contributed by atoms with Crippen molar-refractivity contribution in [3.05, 3.63) is 0 Å². The fraction of sp³-hybridized carbons (Fsp3) is 0.750. The molecule has 0 heterocycles. The van der Waals surface area contributed by atoms with Crippen LogP contribution in [0.1, 0.15) is 34.1 Å². The first-order valence-electron chi connectivity index (χ1n) is 8.64. The van der Waals surface area contributed by atoms with Crippen LogP contribution >= 0.6 is 12.6 Å². The number of carboxylic acid groups (broad SMARTS) is 1. The van der Waals surface area contributed by atoms with E-state index in [-0.39, 0.29) is 11.7 Å². The normalized spacial score (nSPS) is 17.6. The Labute approximate surface area is 164 Å². The molecule has 0 radical (unpaired) electrons. The van der Waals surface area contributed by atoms with Crippen LogP contribution in [0, 0.1) is 5.92 Å². The quantitative estimate of drug-likeness (QED) is 0.199. The van der Waals surface area contributed by atoms with Crippen LogP contribution in [0.15, 0.2) is 0 Å². The van der Waals surface area contributed by atoms with Gasteiger partial charge in [0.05, 0.1) is 12.1 Å². The average molecular weight is 407 g/mol. The molecule has 6 atom stereocenters. The molecule has 3 amide bonds. The predicted molar refractivity (Wildman–Crippen MR) is 102 cm³/mol. The Kier molecular flexibility index (Phi) is 11.0. The fourth-order valence-corrected chi connectivity index (χ4v) is 2.27. The second-order valence-corrected chi connectivity index (χ2v) is 6.82. The molecule has 0 aliphatic carbocycles. The van der Waals surface area contributed by atoms with E-state index in [1.54, 1.807) is 6.92 Å². The van der Waals surface area contributed by atoms with Gasteiger partial charge in [-0.25, -0.2) is 4.79 Å². The summed E-state index contributed by atoms with van der Waals surface area (Å²) in [6, 6.07) is -4.47. The Bertz CT molecular complexity index is 545. The highest BCUT2D eigenvalue weighted by atomic mass is 32.1. The van der Waals surface area contributed by atoms with Gasteiger partial charge in [0.2, 0.25) is 17.7 Å². The van der Waals surface area contributed by atoms with Crippen molar-refractivity contribution < 1.29 is 29.4 Å². The minimum absolute atomic E-state index is 0.123. The molecule has 0 aromatic rings. The Balaban J connectivity index is 4.95. The maximum absolute atomic E-state index is 12.3. The van der Waals surface area contributed by atoms with Crippen molar-refractivity contribution in [3.8, 4) is 0 Å². The van der Waals surface area contributed by atoms with E-state index in [0.717, 1.165) is 0 Å². The number of hydrogen-bond donors (Lipinski definition) is 7. The molecule has 11 heteroatoms. The molecule has 0 saturated carbocycles. The SMILES string of the molecule is CCC(C)C(N)C(=O)NC(C(=O)NC(C)C(=O)NC(CS)C(=O)O)C(C)O. The van der Waals surface area contributed by atoms with Gasteiger partial charge in [0.25, 0.3) is 0 Å². The Morgan fingerprint density at radius 1 is 1.00 bits per heavy atom. The molecule has 7 N–H and O–H groups in total. The number of carboxylic acids is 1. The number of hydrogen-bond acceptors (Lipinski definition) is 7. The van der Waals surface area contributed by atoms with Gasteiger partial charge in [-0.3, -0.25) is 14.4 Å². The third-order valence-electron chi connectivity index (χ3n) is 4.17. The van der Waals surface area contributed by atoms with Crippen LogP contribution in [0.25, 0.3) is 0 Å². The van der Waals surface area contributed by atoms with Crippen LogP contribution in [-0.2, 0) is 19.2 Å². The van der Waals surface area contributed by atoms with E-state index in [0.29, 0.717) is 6.42 Å². The van der Waals surface area contributed by atoms with Crippen LogP contribution < -0.4 is 21.7 Å². The van der Waals surface area contributed by atoms with E-state index >= 15 is 0 Å². The summed E-state index contributed by atoms with van der Waals surface area (Å²) in [4.78, 5) is 47.4. The highest BCUT2D eigenvalue weighted by Gasteiger charge is 2.31. The van der Waals surface area contributed by atoms with E-state index in [1.165, 1.54) is 13.8 Å². The molecule has 27 heavy (non-hydrogen) atoms. The molecule has 0 aliphatic rings. The zero-order valence-electron chi connectivity index (χ0n) is 15.9. The molecule has 0 aromatic carbocycles. The van der Waals surface area contributed by atoms with Crippen molar-refractivity contribution in [1.29, 1.82) is 0 Å². The summed E-state index contributed by atoms with van der Waals surface area (Å²) >= 11 is 3.83. The lowest BCUT2D eigenvalue weighted by Crippen LogP contribution is -2.59. The van der Waals surface area contributed by atoms with Gasteiger partial charge >= 0.3 is 5.97 Å².